The van der Waals surface area contributed by atoms with Crippen LogP contribution in [0.5, 0.6) is 0 Å². The minimum atomic E-state index is -1.19. The molecule has 2 heterocycles. The molecule has 0 bridgehead atoms. The number of likely N-dealkylation sites (tertiary alicyclic amines) is 1. The Hall–Kier alpha value is -2.15. The van der Waals surface area contributed by atoms with E-state index in [2.05, 4.69) is 6.92 Å². The van der Waals surface area contributed by atoms with Crippen molar-refractivity contribution in [1.29, 1.82) is 0 Å². The SMILES string of the molecule is CCCC1(CSc2cccc(F)c2)CCC[NH+](Cc2cnc(C(O)(c3ccccc3)C3CCCCC3)o2)C1. The molecule has 1 aliphatic heterocycles. The number of nitrogens with one attached hydrogen (secondary N) is 1. The Morgan fingerprint density at radius 3 is 2.68 bits per heavy atom. The van der Waals surface area contributed by atoms with Crippen molar-refractivity contribution in [1.82, 2.24) is 4.98 Å². The Labute approximate surface area is 231 Å². The molecule has 3 aromatic rings. The Bertz CT molecular complexity index is 1160. The van der Waals surface area contributed by atoms with Gasteiger partial charge in [-0.05, 0) is 55.9 Å². The second-order valence-electron chi connectivity index (χ2n) is 11.6. The first kappa shape index (κ1) is 27.4. The average Bonchev–Trinajstić information content (AvgIpc) is 3.42. The molecule has 2 aliphatic rings. The summed E-state index contributed by atoms with van der Waals surface area (Å²) in [5.41, 5.74) is -0.0818. The highest BCUT2D eigenvalue weighted by molar-refractivity contribution is 7.99. The molecule has 1 aromatic heterocycles. The van der Waals surface area contributed by atoms with E-state index in [1.54, 1.807) is 23.9 Å². The van der Waals surface area contributed by atoms with Crippen LogP contribution >= 0.6 is 11.8 Å². The zero-order valence-electron chi connectivity index (χ0n) is 22.6. The fourth-order valence-electron chi connectivity index (χ4n) is 6.86. The first-order valence-corrected chi connectivity index (χ1v) is 15.4. The van der Waals surface area contributed by atoms with Gasteiger partial charge in [0.1, 0.15) is 12.4 Å². The summed E-state index contributed by atoms with van der Waals surface area (Å²) < 4.78 is 20.1. The smallest absolute Gasteiger partial charge is 0.231 e. The Balaban J connectivity index is 1.31. The van der Waals surface area contributed by atoms with E-state index in [0.717, 1.165) is 73.7 Å². The Morgan fingerprint density at radius 2 is 1.92 bits per heavy atom. The highest BCUT2D eigenvalue weighted by Gasteiger charge is 2.45. The van der Waals surface area contributed by atoms with Crippen LogP contribution in [0.15, 0.2) is 70.1 Å². The number of aliphatic hydroxyl groups is 1. The van der Waals surface area contributed by atoms with Crippen molar-refractivity contribution in [3.05, 3.63) is 83.8 Å². The molecule has 5 rings (SSSR count). The summed E-state index contributed by atoms with van der Waals surface area (Å²) in [6.07, 6.45) is 12.0. The van der Waals surface area contributed by atoms with Gasteiger partial charge in [-0.1, -0.05) is 69.0 Å². The van der Waals surface area contributed by atoms with Crippen molar-refractivity contribution in [3.63, 3.8) is 0 Å². The molecule has 0 spiro atoms. The lowest BCUT2D eigenvalue weighted by atomic mass is 9.73. The van der Waals surface area contributed by atoms with E-state index in [1.807, 2.05) is 42.6 Å². The third-order valence-electron chi connectivity index (χ3n) is 8.70. The molecule has 1 aliphatic carbocycles. The van der Waals surface area contributed by atoms with E-state index < -0.39 is 5.60 Å². The van der Waals surface area contributed by atoms with Gasteiger partial charge in [0.25, 0.3) is 0 Å². The van der Waals surface area contributed by atoms with Crippen molar-refractivity contribution < 1.29 is 18.8 Å². The molecule has 1 saturated heterocycles. The van der Waals surface area contributed by atoms with Crippen LogP contribution in [0.3, 0.4) is 0 Å². The summed E-state index contributed by atoms with van der Waals surface area (Å²) in [7, 11) is 0. The number of thioether (sulfide) groups is 1. The number of halogens is 1. The molecular formula is C32H42FN2O2S+. The number of hydrogen-bond donors (Lipinski definition) is 2. The van der Waals surface area contributed by atoms with Crippen molar-refractivity contribution in [2.45, 2.75) is 81.8 Å². The van der Waals surface area contributed by atoms with E-state index in [-0.39, 0.29) is 17.2 Å². The van der Waals surface area contributed by atoms with Crippen LogP contribution in [0, 0.1) is 17.2 Å². The number of piperidine rings is 1. The molecule has 38 heavy (non-hydrogen) atoms. The fourth-order valence-corrected chi connectivity index (χ4v) is 8.10. The number of oxazole rings is 1. The standard InChI is InChI=1S/C32H41FN2O2S/c1-2-17-31(24-38-29-16-9-15-27(33)20-29)18-10-19-35(23-31)22-28-21-34-30(37-28)32(36,25-11-5-3-6-12-25)26-13-7-4-8-14-26/h3,5-6,9,11-12,15-16,20-21,26,36H,2,4,7-8,10,13-14,17-19,22-24H2,1H3/p+1. The summed E-state index contributed by atoms with van der Waals surface area (Å²) in [4.78, 5) is 7.21. The van der Waals surface area contributed by atoms with Crippen LogP contribution in [0.1, 0.15) is 81.9 Å². The van der Waals surface area contributed by atoms with Crippen LogP contribution in [0.25, 0.3) is 0 Å². The molecule has 2 N–H and O–H groups in total. The minimum Gasteiger partial charge on any atom is -0.436 e. The number of hydrogen-bond acceptors (Lipinski definition) is 4. The first-order chi connectivity index (χ1) is 18.5. The van der Waals surface area contributed by atoms with Crippen LogP contribution in [-0.4, -0.2) is 28.9 Å². The van der Waals surface area contributed by atoms with Gasteiger partial charge in [0.05, 0.1) is 19.3 Å². The average molecular weight is 538 g/mol. The summed E-state index contributed by atoms with van der Waals surface area (Å²) in [6, 6.07) is 16.9. The number of aromatic nitrogens is 1. The monoisotopic (exact) mass is 537 g/mol. The van der Waals surface area contributed by atoms with E-state index in [9.17, 15) is 9.50 Å². The largest absolute Gasteiger partial charge is 0.436 e. The first-order valence-electron chi connectivity index (χ1n) is 14.5. The molecule has 6 heteroatoms. The summed E-state index contributed by atoms with van der Waals surface area (Å²) in [5, 5.41) is 12.2. The maximum atomic E-state index is 13.7. The topological polar surface area (TPSA) is 50.7 Å². The molecule has 204 valence electrons. The Morgan fingerprint density at radius 1 is 1.11 bits per heavy atom. The molecule has 3 atom stereocenters. The minimum absolute atomic E-state index is 0.115. The van der Waals surface area contributed by atoms with Gasteiger partial charge in [0.15, 0.2) is 11.4 Å². The maximum Gasteiger partial charge on any atom is 0.231 e. The zero-order valence-corrected chi connectivity index (χ0v) is 23.4. The number of nitrogens with zero attached hydrogens (tertiary/aromatic N) is 1. The van der Waals surface area contributed by atoms with E-state index in [0.29, 0.717) is 5.89 Å². The molecule has 0 amide bonds. The fraction of sp³-hybridized carbons (Fsp3) is 0.531. The number of benzene rings is 2. The molecule has 4 nitrogen and oxygen atoms in total. The third-order valence-corrected chi connectivity index (χ3v) is 10.0. The summed E-state index contributed by atoms with van der Waals surface area (Å²) in [5.74, 6) is 2.25. The van der Waals surface area contributed by atoms with E-state index >= 15 is 0 Å². The quantitative estimate of drug-likeness (QED) is 0.294. The van der Waals surface area contributed by atoms with Gasteiger partial charge in [-0.25, -0.2) is 9.37 Å². The van der Waals surface area contributed by atoms with Crippen molar-refractivity contribution in [2.24, 2.45) is 11.3 Å². The third kappa shape index (κ3) is 6.19. The van der Waals surface area contributed by atoms with Crippen LogP contribution in [0.4, 0.5) is 4.39 Å². The van der Waals surface area contributed by atoms with Gasteiger partial charge in [0.2, 0.25) is 5.89 Å². The highest BCUT2D eigenvalue weighted by atomic mass is 32.2. The predicted molar refractivity (Wildman–Crippen MR) is 151 cm³/mol. The van der Waals surface area contributed by atoms with Gasteiger partial charge in [-0.3, -0.25) is 0 Å². The van der Waals surface area contributed by atoms with Crippen molar-refractivity contribution >= 4 is 11.8 Å². The predicted octanol–water partition coefficient (Wildman–Crippen LogP) is 6.39. The second kappa shape index (κ2) is 12.4. The normalized spacial score (nSPS) is 24.2. The molecular weight excluding hydrogens is 495 g/mol. The van der Waals surface area contributed by atoms with Gasteiger partial charge >= 0.3 is 0 Å². The zero-order chi connectivity index (χ0) is 26.4. The summed E-state index contributed by atoms with van der Waals surface area (Å²) >= 11 is 1.79. The lowest BCUT2D eigenvalue weighted by Crippen LogP contribution is -3.13. The van der Waals surface area contributed by atoms with Gasteiger partial charge < -0.3 is 14.4 Å². The number of quaternary nitrogens is 1. The second-order valence-corrected chi connectivity index (χ2v) is 12.6. The molecule has 2 fully saturated rings. The lowest BCUT2D eigenvalue weighted by molar-refractivity contribution is -0.926. The van der Waals surface area contributed by atoms with Crippen molar-refractivity contribution in [3.8, 4) is 0 Å². The molecule has 1 saturated carbocycles. The van der Waals surface area contributed by atoms with Gasteiger partial charge in [-0.2, -0.15) is 0 Å². The maximum absolute atomic E-state index is 13.7. The van der Waals surface area contributed by atoms with Gasteiger partial charge in [-0.15, -0.1) is 11.8 Å². The molecule has 2 aromatic carbocycles. The van der Waals surface area contributed by atoms with Gasteiger partial charge in [0, 0.05) is 22.0 Å². The van der Waals surface area contributed by atoms with E-state index in [1.165, 1.54) is 36.6 Å². The lowest BCUT2D eigenvalue weighted by Gasteiger charge is -2.40. The van der Waals surface area contributed by atoms with E-state index in [4.69, 9.17) is 9.40 Å². The highest BCUT2D eigenvalue weighted by Crippen LogP contribution is 2.43. The summed E-state index contributed by atoms with van der Waals surface area (Å²) in [6.45, 7) is 5.22. The van der Waals surface area contributed by atoms with Crippen LogP contribution in [-0.2, 0) is 12.1 Å². The van der Waals surface area contributed by atoms with Crippen molar-refractivity contribution in [2.75, 3.05) is 18.8 Å². The van der Waals surface area contributed by atoms with Crippen LogP contribution in [0.2, 0.25) is 0 Å². The molecule has 3 unspecified atom stereocenters. The van der Waals surface area contributed by atoms with Crippen LogP contribution < -0.4 is 4.90 Å². The Kier molecular flexibility index (Phi) is 8.91. The number of rotatable bonds is 10. The molecule has 0 radical (unpaired) electrons.